The van der Waals surface area contributed by atoms with Crippen molar-refractivity contribution in [3.8, 4) is 18.6 Å². The maximum Gasteiger partial charge on any atom is 0.423 e. The van der Waals surface area contributed by atoms with Crippen molar-refractivity contribution in [1.82, 2.24) is 14.6 Å². The van der Waals surface area contributed by atoms with Crippen LogP contribution in [0.25, 0.3) is 5.65 Å². The molecule has 2 saturated carbocycles. The highest BCUT2D eigenvalue weighted by Crippen LogP contribution is 2.41. The van der Waals surface area contributed by atoms with Crippen LogP contribution in [0, 0.1) is 35.9 Å². The highest BCUT2D eigenvalue weighted by Gasteiger charge is 2.40. The molecule has 0 unspecified atom stereocenters. The summed E-state index contributed by atoms with van der Waals surface area (Å²) in [5, 5.41) is 15.6. The number of pyridine rings is 1. The molecule has 0 atom stereocenters. The first-order valence-corrected chi connectivity index (χ1v) is 11.9. The Kier molecular flexibility index (Phi) is 9.08. The van der Waals surface area contributed by atoms with E-state index in [9.17, 15) is 17.6 Å². The van der Waals surface area contributed by atoms with Crippen LogP contribution in [-0.2, 0) is 12.6 Å². The minimum Gasteiger partial charge on any atom is -0.490 e. The maximum atomic E-state index is 13.8. The summed E-state index contributed by atoms with van der Waals surface area (Å²) in [6, 6.07) is 9.33. The molecule has 5 rings (SSSR count). The van der Waals surface area contributed by atoms with Crippen molar-refractivity contribution in [3.05, 3.63) is 59.8 Å². The average molecular weight is 503 g/mol. The third-order valence-corrected chi connectivity index (χ3v) is 6.38. The maximum absolute atomic E-state index is 13.8. The minimum atomic E-state index is -4.57. The Bertz CT molecular complexity index is 1160. The number of hydrogen-bond donors (Lipinski definition) is 1. The number of rotatable bonds is 5. The van der Waals surface area contributed by atoms with Gasteiger partial charge in [-0.1, -0.05) is 18.2 Å². The van der Waals surface area contributed by atoms with Crippen LogP contribution in [0.3, 0.4) is 0 Å². The van der Waals surface area contributed by atoms with Gasteiger partial charge >= 0.3 is 6.18 Å². The second-order valence-electron chi connectivity index (χ2n) is 9.08. The number of alkyl halides is 3. The van der Waals surface area contributed by atoms with Gasteiger partial charge in [-0.05, 0) is 75.5 Å². The number of aromatic nitrogens is 3. The number of fused-ring (bicyclic) bond motifs is 1. The molecule has 2 aliphatic carbocycles. The molecule has 1 N–H and O–H groups in total. The molecule has 192 valence electrons. The molecule has 5 nitrogen and oxygen atoms in total. The Labute approximate surface area is 208 Å². The Hall–Kier alpha value is -3.41. The molecule has 0 bridgehead atoms. The van der Waals surface area contributed by atoms with Crippen LogP contribution < -0.4 is 4.74 Å². The second-order valence-corrected chi connectivity index (χ2v) is 9.08. The summed E-state index contributed by atoms with van der Waals surface area (Å²) in [7, 11) is 0. The molecule has 3 aromatic rings. The normalized spacial score (nSPS) is 19.4. The minimum absolute atomic E-state index is 0.171. The molecule has 0 saturated heterocycles. The van der Waals surface area contributed by atoms with E-state index in [0.29, 0.717) is 36.7 Å². The van der Waals surface area contributed by atoms with Crippen molar-refractivity contribution in [2.75, 3.05) is 0 Å². The van der Waals surface area contributed by atoms with Crippen LogP contribution in [0.5, 0.6) is 5.75 Å². The quantitative estimate of drug-likeness (QED) is 0.238. The van der Waals surface area contributed by atoms with Gasteiger partial charge in [0.15, 0.2) is 5.65 Å². The number of nitrogens with one attached hydrogen (secondary N) is 1. The van der Waals surface area contributed by atoms with Crippen molar-refractivity contribution in [1.29, 1.82) is 5.41 Å². The Balaban J connectivity index is 0.000000342. The van der Waals surface area contributed by atoms with Crippen LogP contribution in [0.1, 0.15) is 56.8 Å². The lowest BCUT2D eigenvalue weighted by Gasteiger charge is -2.29. The molecule has 0 aliphatic heterocycles. The smallest absolute Gasteiger partial charge is 0.423 e. The number of benzene rings is 1. The summed E-state index contributed by atoms with van der Waals surface area (Å²) >= 11 is 0. The summed E-state index contributed by atoms with van der Waals surface area (Å²) < 4.78 is 60.5. The zero-order valence-corrected chi connectivity index (χ0v) is 20.1. The van der Waals surface area contributed by atoms with Crippen LogP contribution in [0.4, 0.5) is 17.6 Å². The first-order valence-electron chi connectivity index (χ1n) is 11.9. The first-order chi connectivity index (χ1) is 17.2. The molecule has 2 fully saturated rings. The highest BCUT2D eigenvalue weighted by atomic mass is 19.4. The van der Waals surface area contributed by atoms with Crippen molar-refractivity contribution < 1.29 is 22.3 Å². The lowest BCUT2D eigenvalue weighted by atomic mass is 9.85. The molecule has 0 spiro atoms. The highest BCUT2D eigenvalue weighted by molar-refractivity contribution is 5.81. The van der Waals surface area contributed by atoms with Crippen LogP contribution in [0.15, 0.2) is 42.6 Å². The number of nitrogens with zero attached hydrogens (tertiary/aromatic N) is 3. The van der Waals surface area contributed by atoms with E-state index in [1.54, 1.807) is 31.3 Å². The summed E-state index contributed by atoms with van der Waals surface area (Å²) in [5.74, 6) is 0.954. The fraction of sp³-hybridized carbons (Fsp3) is 0.444. The molecular weight excluding hydrogens is 472 g/mol. The number of halogens is 4. The molecule has 0 amide bonds. The Morgan fingerprint density at radius 2 is 1.67 bits per heavy atom. The van der Waals surface area contributed by atoms with E-state index in [1.807, 2.05) is 0 Å². The van der Waals surface area contributed by atoms with E-state index < -0.39 is 11.7 Å². The standard InChI is InChI=1S/C19H23F3N4O.C6H5F.C2H2/c1-11(23)13-4-6-14(7-5-13)27-15-8-9-26-16(10-12-2-3-12)24-25-18(26)17(15)19(20,21)22;7-6-4-2-1-3-5-6;1-2/h8-9,12-14,23H,2-7,10H2,1H3;1-5H;1-2H. The molecule has 2 aromatic heterocycles. The molecule has 0 radical (unpaired) electrons. The van der Waals surface area contributed by atoms with Gasteiger partial charge in [0, 0.05) is 18.3 Å². The second kappa shape index (κ2) is 12.0. The number of terminal acetylenes is 1. The van der Waals surface area contributed by atoms with Crippen molar-refractivity contribution in [3.63, 3.8) is 0 Å². The predicted octanol–water partition coefficient (Wildman–Crippen LogP) is 6.75. The van der Waals surface area contributed by atoms with Gasteiger partial charge in [0.25, 0.3) is 0 Å². The summed E-state index contributed by atoms with van der Waals surface area (Å²) in [6.07, 6.45) is 10.5. The van der Waals surface area contributed by atoms with Crippen LogP contribution >= 0.6 is 0 Å². The molecule has 1 aromatic carbocycles. The summed E-state index contributed by atoms with van der Waals surface area (Å²) in [6.45, 7) is 1.78. The Morgan fingerprint density at radius 3 is 2.17 bits per heavy atom. The van der Waals surface area contributed by atoms with Crippen LogP contribution in [-0.4, -0.2) is 26.4 Å². The van der Waals surface area contributed by atoms with Gasteiger partial charge in [0.1, 0.15) is 23.0 Å². The third kappa shape index (κ3) is 7.06. The van der Waals surface area contributed by atoms with E-state index >= 15 is 0 Å². The van der Waals surface area contributed by atoms with E-state index in [2.05, 4.69) is 23.0 Å². The fourth-order valence-electron chi connectivity index (χ4n) is 4.28. The number of ether oxygens (including phenoxy) is 1. The van der Waals surface area contributed by atoms with Gasteiger partial charge < -0.3 is 10.1 Å². The molecule has 36 heavy (non-hydrogen) atoms. The van der Waals surface area contributed by atoms with Gasteiger partial charge in [0.05, 0.1) is 6.10 Å². The monoisotopic (exact) mass is 502 g/mol. The van der Waals surface area contributed by atoms with Crippen molar-refractivity contribution >= 4 is 11.4 Å². The van der Waals surface area contributed by atoms with E-state index in [-0.39, 0.29) is 29.2 Å². The average Bonchev–Trinajstić information content (AvgIpc) is 3.59. The van der Waals surface area contributed by atoms with Gasteiger partial charge in [0.2, 0.25) is 0 Å². The van der Waals surface area contributed by atoms with E-state index in [4.69, 9.17) is 10.1 Å². The zero-order valence-electron chi connectivity index (χ0n) is 20.1. The zero-order chi connectivity index (χ0) is 26.3. The van der Waals surface area contributed by atoms with Gasteiger partial charge in [-0.25, -0.2) is 4.39 Å². The molecule has 2 aliphatic rings. The lowest BCUT2D eigenvalue weighted by Crippen LogP contribution is -2.27. The van der Waals surface area contributed by atoms with Gasteiger partial charge in [-0.2, -0.15) is 13.2 Å². The van der Waals surface area contributed by atoms with Crippen molar-refractivity contribution in [2.24, 2.45) is 11.8 Å². The van der Waals surface area contributed by atoms with Crippen molar-refractivity contribution in [2.45, 2.75) is 64.1 Å². The SMILES string of the molecule is C#C.CC(=N)C1CCC(Oc2ccn3c(CC4CC4)nnc3c2C(F)(F)F)CC1.Fc1ccccc1. The van der Waals surface area contributed by atoms with E-state index in [0.717, 1.165) is 25.7 Å². The lowest BCUT2D eigenvalue weighted by molar-refractivity contribution is -0.138. The molecular formula is C27H30F4N4O. The summed E-state index contributed by atoms with van der Waals surface area (Å²) in [5.41, 5.74) is -0.387. The van der Waals surface area contributed by atoms with Crippen LogP contribution in [0.2, 0.25) is 0 Å². The Morgan fingerprint density at radius 1 is 1.03 bits per heavy atom. The third-order valence-electron chi connectivity index (χ3n) is 6.38. The number of hydrogen-bond acceptors (Lipinski definition) is 4. The van der Waals surface area contributed by atoms with E-state index in [1.165, 1.54) is 22.6 Å². The molecule has 2 heterocycles. The van der Waals surface area contributed by atoms with Gasteiger partial charge in [-0.15, -0.1) is 23.0 Å². The fourth-order valence-corrected chi connectivity index (χ4v) is 4.28. The van der Waals surface area contributed by atoms with Gasteiger partial charge in [-0.3, -0.25) is 4.40 Å². The first kappa shape index (κ1) is 27.2. The topological polar surface area (TPSA) is 63.3 Å². The molecule has 9 heteroatoms. The largest absolute Gasteiger partial charge is 0.490 e. The summed E-state index contributed by atoms with van der Waals surface area (Å²) in [4.78, 5) is 0. The predicted molar refractivity (Wildman–Crippen MR) is 130 cm³/mol.